The summed E-state index contributed by atoms with van der Waals surface area (Å²) in [6.07, 6.45) is 1.52. The van der Waals surface area contributed by atoms with Crippen molar-refractivity contribution in [3.63, 3.8) is 0 Å². The average Bonchev–Trinajstić information content (AvgIpc) is 3.02. The van der Waals surface area contributed by atoms with Gasteiger partial charge in [0.15, 0.2) is 0 Å². The van der Waals surface area contributed by atoms with Crippen molar-refractivity contribution in [1.82, 2.24) is 0 Å². The Labute approximate surface area is 156 Å². The van der Waals surface area contributed by atoms with Crippen molar-refractivity contribution in [1.29, 1.82) is 0 Å². The topological polar surface area (TPSA) is 49.4 Å². The number of halogens is 1. The Morgan fingerprint density at radius 3 is 2.68 bits per heavy atom. The highest BCUT2D eigenvalue weighted by atomic mass is 35.5. The molecule has 3 rings (SSSR count). The van der Waals surface area contributed by atoms with E-state index in [0.29, 0.717) is 17.2 Å². The monoisotopic (exact) mass is 374 g/mol. The first kappa shape index (κ1) is 17.8. The second-order valence-electron chi connectivity index (χ2n) is 5.87. The molecule has 0 spiro atoms. The maximum atomic E-state index is 12.0. The fraction of sp³-hybridized carbons (Fsp3) is 0.263. The van der Waals surface area contributed by atoms with Crippen LogP contribution < -0.4 is 10.2 Å². The molecular weight excluding hydrogens is 356 g/mol. The molecule has 6 heteroatoms. The van der Waals surface area contributed by atoms with Crippen molar-refractivity contribution in [2.24, 2.45) is 0 Å². The molecule has 25 heavy (non-hydrogen) atoms. The molecule has 0 unspecified atom stereocenters. The molecule has 1 N–H and O–H groups in total. The van der Waals surface area contributed by atoms with Crippen LogP contribution in [0.4, 0.5) is 11.4 Å². The summed E-state index contributed by atoms with van der Waals surface area (Å²) in [5.41, 5.74) is 2.73. The van der Waals surface area contributed by atoms with Crippen molar-refractivity contribution in [3.8, 4) is 0 Å². The minimum absolute atomic E-state index is 0.0444. The first-order chi connectivity index (χ1) is 12.1. The van der Waals surface area contributed by atoms with Gasteiger partial charge < -0.3 is 10.2 Å². The molecule has 0 aliphatic carbocycles. The fourth-order valence-electron chi connectivity index (χ4n) is 2.73. The Balaban J connectivity index is 1.47. The van der Waals surface area contributed by atoms with Gasteiger partial charge in [-0.25, -0.2) is 0 Å². The number of hydrogen-bond donors (Lipinski definition) is 1. The molecule has 1 aliphatic heterocycles. The molecule has 2 aromatic carbocycles. The van der Waals surface area contributed by atoms with Crippen LogP contribution in [0.25, 0.3) is 0 Å². The van der Waals surface area contributed by atoms with E-state index in [1.165, 1.54) is 0 Å². The molecule has 0 bridgehead atoms. The van der Waals surface area contributed by atoms with E-state index in [-0.39, 0.29) is 11.8 Å². The van der Waals surface area contributed by atoms with Crippen LogP contribution >= 0.6 is 23.4 Å². The summed E-state index contributed by atoms with van der Waals surface area (Å²) < 4.78 is 0. The molecule has 1 heterocycles. The molecule has 1 aliphatic rings. The number of anilines is 2. The van der Waals surface area contributed by atoms with Gasteiger partial charge in [-0.1, -0.05) is 23.7 Å². The van der Waals surface area contributed by atoms with Crippen LogP contribution in [0.1, 0.15) is 18.4 Å². The highest BCUT2D eigenvalue weighted by Crippen LogP contribution is 2.23. The molecule has 1 fully saturated rings. The standard InChI is InChI=1S/C19H19ClN2O2S/c20-15-4-1-3-14(11-15)12-25-13-18(23)21-16-6-8-17(9-7-16)22-10-2-5-19(22)24/h1,3-4,6-9,11H,2,5,10,12-13H2,(H,21,23). The molecule has 130 valence electrons. The van der Waals surface area contributed by atoms with Crippen LogP contribution in [0.5, 0.6) is 0 Å². The van der Waals surface area contributed by atoms with Gasteiger partial charge in [0.1, 0.15) is 0 Å². The van der Waals surface area contributed by atoms with Crippen LogP contribution in [0.15, 0.2) is 48.5 Å². The average molecular weight is 375 g/mol. The summed E-state index contributed by atoms with van der Waals surface area (Å²) in [7, 11) is 0. The first-order valence-corrected chi connectivity index (χ1v) is 9.67. The number of thioether (sulfide) groups is 1. The van der Waals surface area contributed by atoms with E-state index in [1.807, 2.05) is 48.5 Å². The second-order valence-corrected chi connectivity index (χ2v) is 7.29. The van der Waals surface area contributed by atoms with Crippen molar-refractivity contribution >= 4 is 46.6 Å². The van der Waals surface area contributed by atoms with E-state index in [9.17, 15) is 9.59 Å². The predicted molar refractivity (Wildman–Crippen MR) is 104 cm³/mol. The van der Waals surface area contributed by atoms with Gasteiger partial charge in [0.25, 0.3) is 0 Å². The zero-order chi connectivity index (χ0) is 17.6. The van der Waals surface area contributed by atoms with Crippen molar-refractivity contribution < 1.29 is 9.59 Å². The highest BCUT2D eigenvalue weighted by molar-refractivity contribution is 7.99. The van der Waals surface area contributed by atoms with Gasteiger partial charge in [-0.15, -0.1) is 11.8 Å². The number of carbonyl (C=O) groups excluding carboxylic acids is 2. The smallest absolute Gasteiger partial charge is 0.234 e. The zero-order valence-corrected chi connectivity index (χ0v) is 15.3. The molecule has 0 saturated carbocycles. The quantitative estimate of drug-likeness (QED) is 0.818. The third kappa shape index (κ3) is 5.00. The number of nitrogens with one attached hydrogen (secondary N) is 1. The molecular formula is C19H19ClN2O2S. The number of rotatable bonds is 6. The Morgan fingerprint density at radius 1 is 1.20 bits per heavy atom. The lowest BCUT2D eigenvalue weighted by Gasteiger charge is -2.16. The van der Waals surface area contributed by atoms with E-state index in [0.717, 1.165) is 35.7 Å². The summed E-state index contributed by atoms with van der Waals surface area (Å²) in [5, 5.41) is 3.59. The van der Waals surface area contributed by atoms with Crippen LogP contribution in [0, 0.1) is 0 Å². The molecule has 0 atom stereocenters. The van der Waals surface area contributed by atoms with E-state index in [4.69, 9.17) is 11.6 Å². The normalized spacial score (nSPS) is 14.0. The summed E-state index contributed by atoms with van der Waals surface area (Å²) in [5.74, 6) is 1.23. The van der Waals surface area contributed by atoms with Gasteiger partial charge in [0, 0.05) is 35.1 Å². The van der Waals surface area contributed by atoms with Crippen molar-refractivity contribution in [3.05, 3.63) is 59.1 Å². The SMILES string of the molecule is O=C(CSCc1cccc(Cl)c1)Nc1ccc(N2CCCC2=O)cc1. The minimum atomic E-state index is -0.0444. The predicted octanol–water partition coefficient (Wildman–Crippen LogP) is 4.34. The van der Waals surface area contributed by atoms with Gasteiger partial charge in [0.2, 0.25) is 11.8 Å². The maximum absolute atomic E-state index is 12.0. The van der Waals surface area contributed by atoms with Crippen LogP contribution in [0.3, 0.4) is 0 Å². The van der Waals surface area contributed by atoms with Crippen LogP contribution in [-0.4, -0.2) is 24.1 Å². The molecule has 1 saturated heterocycles. The fourth-order valence-corrected chi connectivity index (χ4v) is 3.72. The minimum Gasteiger partial charge on any atom is -0.325 e. The summed E-state index contributed by atoms with van der Waals surface area (Å²) in [4.78, 5) is 25.6. The number of nitrogens with zero attached hydrogens (tertiary/aromatic N) is 1. The van der Waals surface area contributed by atoms with E-state index in [1.54, 1.807) is 16.7 Å². The molecule has 4 nitrogen and oxygen atoms in total. The van der Waals surface area contributed by atoms with Gasteiger partial charge in [0.05, 0.1) is 5.75 Å². The van der Waals surface area contributed by atoms with Gasteiger partial charge in [-0.3, -0.25) is 9.59 Å². The number of amides is 2. The van der Waals surface area contributed by atoms with E-state index in [2.05, 4.69) is 5.32 Å². The Morgan fingerprint density at radius 2 is 2.00 bits per heavy atom. The number of hydrogen-bond acceptors (Lipinski definition) is 3. The van der Waals surface area contributed by atoms with E-state index < -0.39 is 0 Å². The molecule has 2 aromatic rings. The maximum Gasteiger partial charge on any atom is 0.234 e. The number of benzene rings is 2. The largest absolute Gasteiger partial charge is 0.325 e. The van der Waals surface area contributed by atoms with E-state index >= 15 is 0 Å². The molecule has 0 aromatic heterocycles. The third-order valence-electron chi connectivity index (χ3n) is 3.93. The van der Waals surface area contributed by atoms with Gasteiger partial charge in [-0.05, 0) is 48.4 Å². The van der Waals surface area contributed by atoms with Crippen LogP contribution in [-0.2, 0) is 15.3 Å². The van der Waals surface area contributed by atoms with Gasteiger partial charge in [-0.2, -0.15) is 0 Å². The first-order valence-electron chi connectivity index (χ1n) is 8.14. The summed E-state index contributed by atoms with van der Waals surface area (Å²) in [6.45, 7) is 0.769. The summed E-state index contributed by atoms with van der Waals surface area (Å²) in [6, 6.07) is 15.1. The van der Waals surface area contributed by atoms with Crippen molar-refractivity contribution in [2.75, 3.05) is 22.5 Å². The lowest BCUT2D eigenvalue weighted by molar-refractivity contribution is -0.117. The Bertz CT molecular complexity index is 764. The Kier molecular flexibility index (Phi) is 6.00. The van der Waals surface area contributed by atoms with Gasteiger partial charge >= 0.3 is 0 Å². The Hall–Kier alpha value is -1.98. The second kappa shape index (κ2) is 8.41. The molecule has 0 radical (unpaired) electrons. The zero-order valence-electron chi connectivity index (χ0n) is 13.7. The van der Waals surface area contributed by atoms with Crippen molar-refractivity contribution in [2.45, 2.75) is 18.6 Å². The van der Waals surface area contributed by atoms with Crippen LogP contribution in [0.2, 0.25) is 5.02 Å². The summed E-state index contributed by atoms with van der Waals surface area (Å²) >= 11 is 7.49. The number of carbonyl (C=O) groups is 2. The third-order valence-corrected chi connectivity index (χ3v) is 5.17. The lowest BCUT2D eigenvalue weighted by Crippen LogP contribution is -2.23. The lowest BCUT2D eigenvalue weighted by atomic mass is 10.2. The molecule has 2 amide bonds. The highest BCUT2D eigenvalue weighted by Gasteiger charge is 2.21.